The zero-order valence-corrected chi connectivity index (χ0v) is 15.6. The van der Waals surface area contributed by atoms with Crippen LogP contribution in [0.25, 0.3) is 0 Å². The second-order valence-corrected chi connectivity index (χ2v) is 6.31. The largest absolute Gasteiger partial charge is 0.473 e. The van der Waals surface area contributed by atoms with E-state index in [1.54, 1.807) is 6.20 Å². The predicted molar refractivity (Wildman–Crippen MR) is 106 cm³/mol. The Balaban J connectivity index is 0.00000243. The van der Waals surface area contributed by atoms with Gasteiger partial charge in [-0.2, -0.15) is 0 Å². The lowest BCUT2D eigenvalue weighted by atomic mass is 10.1. The number of carbonyl (C=O) groups is 1. The monoisotopic (exact) mass is 375 g/mol. The molecule has 0 unspecified atom stereocenters. The number of piperidine rings is 1. The summed E-state index contributed by atoms with van der Waals surface area (Å²) in [5, 5.41) is 6.26. The summed E-state index contributed by atoms with van der Waals surface area (Å²) in [5.41, 5.74) is 1.91. The SMILES string of the molecule is Cl.O=C(CCCc1ccccc1)Nc1cccnc1OC1CCNCC1. The summed E-state index contributed by atoms with van der Waals surface area (Å²) in [6.07, 6.45) is 5.98. The number of anilines is 1. The molecule has 2 N–H and O–H groups in total. The van der Waals surface area contributed by atoms with E-state index in [2.05, 4.69) is 27.8 Å². The van der Waals surface area contributed by atoms with Crippen LogP contribution in [0, 0.1) is 0 Å². The van der Waals surface area contributed by atoms with Gasteiger partial charge in [0.05, 0.1) is 0 Å². The minimum atomic E-state index is -0.000841. The van der Waals surface area contributed by atoms with E-state index in [4.69, 9.17) is 4.74 Å². The molecule has 2 heterocycles. The molecule has 6 heteroatoms. The van der Waals surface area contributed by atoms with E-state index in [9.17, 15) is 4.79 Å². The van der Waals surface area contributed by atoms with Gasteiger partial charge in [0.1, 0.15) is 11.8 Å². The highest BCUT2D eigenvalue weighted by Gasteiger charge is 2.17. The normalized spacial score (nSPS) is 14.3. The Labute approximate surface area is 161 Å². The number of hydrogen-bond acceptors (Lipinski definition) is 4. The van der Waals surface area contributed by atoms with Crippen molar-refractivity contribution in [3.63, 3.8) is 0 Å². The number of hydrogen-bond donors (Lipinski definition) is 2. The Morgan fingerprint density at radius 2 is 1.92 bits per heavy atom. The van der Waals surface area contributed by atoms with Crippen molar-refractivity contribution in [1.29, 1.82) is 0 Å². The van der Waals surface area contributed by atoms with E-state index in [0.29, 0.717) is 18.0 Å². The summed E-state index contributed by atoms with van der Waals surface area (Å²) < 4.78 is 6.00. The number of benzene rings is 1. The molecule has 1 saturated heterocycles. The van der Waals surface area contributed by atoms with Gasteiger partial charge in [-0.3, -0.25) is 4.79 Å². The molecule has 0 bridgehead atoms. The van der Waals surface area contributed by atoms with Gasteiger partial charge in [-0.25, -0.2) is 4.98 Å². The van der Waals surface area contributed by atoms with Gasteiger partial charge in [-0.1, -0.05) is 30.3 Å². The molecule has 0 radical (unpaired) electrons. The highest BCUT2D eigenvalue weighted by atomic mass is 35.5. The molecular formula is C20H26ClN3O2. The number of pyridine rings is 1. The van der Waals surface area contributed by atoms with Gasteiger partial charge in [-0.15, -0.1) is 12.4 Å². The van der Waals surface area contributed by atoms with Crippen molar-refractivity contribution < 1.29 is 9.53 Å². The van der Waals surface area contributed by atoms with Crippen LogP contribution in [0.15, 0.2) is 48.7 Å². The van der Waals surface area contributed by atoms with Crippen molar-refractivity contribution in [3.05, 3.63) is 54.2 Å². The molecule has 0 spiro atoms. The standard InChI is InChI=1S/C20H25N3O2.ClH/c24-19(10-4-8-16-6-2-1-3-7-16)23-18-9-5-13-22-20(18)25-17-11-14-21-15-12-17;/h1-3,5-7,9,13,17,21H,4,8,10-12,14-15H2,(H,23,24);1H. The molecule has 5 nitrogen and oxygen atoms in total. The molecule has 1 aromatic heterocycles. The first-order chi connectivity index (χ1) is 12.3. The number of ether oxygens (including phenoxy) is 1. The van der Waals surface area contributed by atoms with E-state index in [0.717, 1.165) is 38.8 Å². The van der Waals surface area contributed by atoms with Crippen LogP contribution in [-0.2, 0) is 11.2 Å². The Bertz CT molecular complexity index is 676. The second kappa shape index (κ2) is 10.8. The van der Waals surface area contributed by atoms with E-state index < -0.39 is 0 Å². The summed E-state index contributed by atoms with van der Waals surface area (Å²) in [5.74, 6) is 0.518. The zero-order chi connectivity index (χ0) is 17.3. The number of halogens is 1. The highest BCUT2D eigenvalue weighted by molar-refractivity contribution is 5.91. The maximum Gasteiger partial charge on any atom is 0.238 e. The van der Waals surface area contributed by atoms with Crippen LogP contribution in [0.4, 0.5) is 5.69 Å². The minimum absolute atomic E-state index is 0. The van der Waals surface area contributed by atoms with Crippen LogP contribution in [0.3, 0.4) is 0 Å². The maximum atomic E-state index is 12.2. The Morgan fingerprint density at radius 1 is 1.15 bits per heavy atom. The molecule has 1 aliphatic heterocycles. The van der Waals surface area contributed by atoms with E-state index in [-0.39, 0.29) is 24.4 Å². The fraction of sp³-hybridized carbons (Fsp3) is 0.400. The average molecular weight is 376 g/mol. The quantitative estimate of drug-likeness (QED) is 0.776. The van der Waals surface area contributed by atoms with Gasteiger partial charge in [0.15, 0.2) is 0 Å². The number of aryl methyl sites for hydroxylation is 1. The molecular weight excluding hydrogens is 350 g/mol. The average Bonchev–Trinajstić information content (AvgIpc) is 2.65. The van der Waals surface area contributed by atoms with Crippen LogP contribution >= 0.6 is 12.4 Å². The van der Waals surface area contributed by atoms with Crippen LogP contribution < -0.4 is 15.4 Å². The fourth-order valence-corrected chi connectivity index (χ4v) is 2.96. The molecule has 140 valence electrons. The molecule has 3 rings (SSSR count). The van der Waals surface area contributed by atoms with Crippen molar-refractivity contribution in [2.24, 2.45) is 0 Å². The third-order valence-electron chi connectivity index (χ3n) is 4.32. The van der Waals surface area contributed by atoms with E-state index >= 15 is 0 Å². The first-order valence-electron chi connectivity index (χ1n) is 8.97. The highest BCUT2D eigenvalue weighted by Crippen LogP contribution is 2.24. The Kier molecular flexibility index (Phi) is 8.38. The number of nitrogens with zero attached hydrogens (tertiary/aromatic N) is 1. The van der Waals surface area contributed by atoms with Gasteiger partial charge in [0.25, 0.3) is 0 Å². The first kappa shape index (κ1) is 20.2. The first-order valence-corrected chi connectivity index (χ1v) is 8.97. The number of rotatable bonds is 7. The fourth-order valence-electron chi connectivity index (χ4n) is 2.96. The number of amides is 1. The van der Waals surface area contributed by atoms with Crippen molar-refractivity contribution in [3.8, 4) is 5.88 Å². The zero-order valence-electron chi connectivity index (χ0n) is 14.8. The summed E-state index contributed by atoms with van der Waals surface area (Å²) in [6.45, 7) is 1.91. The maximum absolute atomic E-state index is 12.2. The van der Waals surface area contributed by atoms with Crippen LogP contribution in [0.2, 0.25) is 0 Å². The Hall–Kier alpha value is -2.11. The van der Waals surface area contributed by atoms with Crippen molar-refractivity contribution in [1.82, 2.24) is 10.3 Å². The summed E-state index contributed by atoms with van der Waals surface area (Å²) in [7, 11) is 0. The number of aromatic nitrogens is 1. The molecule has 1 aliphatic rings. The molecule has 0 saturated carbocycles. The minimum Gasteiger partial charge on any atom is -0.473 e. The summed E-state index contributed by atoms with van der Waals surface area (Å²) >= 11 is 0. The topological polar surface area (TPSA) is 63.2 Å². The molecule has 1 amide bonds. The summed E-state index contributed by atoms with van der Waals surface area (Å²) in [4.78, 5) is 16.5. The molecule has 2 aromatic rings. The van der Waals surface area contributed by atoms with Crippen molar-refractivity contribution in [2.45, 2.75) is 38.2 Å². The lowest BCUT2D eigenvalue weighted by Crippen LogP contribution is -2.34. The van der Waals surface area contributed by atoms with Gasteiger partial charge in [0.2, 0.25) is 11.8 Å². The van der Waals surface area contributed by atoms with E-state index in [1.807, 2.05) is 30.3 Å². The molecule has 1 fully saturated rings. The van der Waals surface area contributed by atoms with E-state index in [1.165, 1.54) is 5.56 Å². The molecule has 1 aromatic carbocycles. The lowest BCUT2D eigenvalue weighted by Gasteiger charge is -2.24. The van der Waals surface area contributed by atoms with Crippen LogP contribution in [0.1, 0.15) is 31.2 Å². The summed E-state index contributed by atoms with van der Waals surface area (Å²) in [6, 6.07) is 13.9. The van der Waals surface area contributed by atoms with Crippen molar-refractivity contribution in [2.75, 3.05) is 18.4 Å². The van der Waals surface area contributed by atoms with Crippen LogP contribution in [0.5, 0.6) is 5.88 Å². The van der Waals surface area contributed by atoms with Gasteiger partial charge in [0, 0.05) is 12.6 Å². The van der Waals surface area contributed by atoms with Gasteiger partial charge < -0.3 is 15.4 Å². The molecule has 26 heavy (non-hydrogen) atoms. The van der Waals surface area contributed by atoms with Crippen LogP contribution in [-0.4, -0.2) is 30.1 Å². The third-order valence-corrected chi connectivity index (χ3v) is 4.32. The lowest BCUT2D eigenvalue weighted by molar-refractivity contribution is -0.116. The number of carbonyl (C=O) groups excluding carboxylic acids is 1. The molecule has 0 atom stereocenters. The Morgan fingerprint density at radius 3 is 2.69 bits per heavy atom. The predicted octanol–water partition coefficient (Wildman–Crippen LogP) is 3.60. The number of nitrogens with one attached hydrogen (secondary N) is 2. The third kappa shape index (κ3) is 6.32. The molecule has 0 aliphatic carbocycles. The smallest absolute Gasteiger partial charge is 0.238 e. The van der Waals surface area contributed by atoms with Gasteiger partial charge in [-0.05, 0) is 56.5 Å². The van der Waals surface area contributed by atoms with Crippen molar-refractivity contribution >= 4 is 24.0 Å². The van der Waals surface area contributed by atoms with Gasteiger partial charge >= 0.3 is 0 Å². The second-order valence-electron chi connectivity index (χ2n) is 6.31.